The van der Waals surface area contributed by atoms with Gasteiger partial charge >= 0.3 is 32.4 Å². The van der Waals surface area contributed by atoms with Gasteiger partial charge in [-0.05, 0) is 0 Å². The van der Waals surface area contributed by atoms with Crippen LogP contribution in [0.2, 0.25) is 0 Å². The molecular weight excluding hydrogens is 296 g/mol. The Balaban J connectivity index is 3.56. The van der Waals surface area contributed by atoms with Crippen molar-refractivity contribution in [2.45, 2.75) is 27.3 Å². The van der Waals surface area contributed by atoms with Gasteiger partial charge in [0, 0.05) is 0 Å². The Bertz CT molecular complexity index is 303. The Labute approximate surface area is 90.2 Å². The first-order valence-electron chi connectivity index (χ1n) is 3.69. The maximum atomic E-state index is 12.4. The first kappa shape index (κ1) is 14.8. The molecule has 0 aromatic rings. The van der Waals surface area contributed by atoms with Gasteiger partial charge in [-0.15, -0.1) is 0 Å². The van der Waals surface area contributed by atoms with Gasteiger partial charge in [0.05, 0.1) is 0 Å². The highest BCUT2D eigenvalue weighted by molar-refractivity contribution is 6.58. The van der Waals surface area contributed by atoms with E-state index in [4.69, 9.17) is 0 Å². The fraction of sp³-hybridized carbons (Fsp3) is 1.00. The highest BCUT2D eigenvalue weighted by Crippen LogP contribution is 2.63. The predicted octanol–water partition coefficient (Wildman–Crippen LogP) is 3.22. The molecule has 1 rings (SSSR count). The van der Waals surface area contributed by atoms with Crippen molar-refractivity contribution in [3.05, 3.63) is 0 Å². The molecule has 17 heavy (non-hydrogen) atoms. The lowest BCUT2D eigenvalue weighted by Gasteiger charge is -2.45. The van der Waals surface area contributed by atoms with Crippen LogP contribution in [0.1, 0.15) is 0 Å². The van der Waals surface area contributed by atoms with Crippen LogP contribution in [0.3, 0.4) is 0 Å². The number of hydrogen-bond donors (Lipinski definition) is 0. The molecule has 1 aliphatic rings. The maximum Gasteiger partial charge on any atom is 0.713 e. The summed E-state index contributed by atoms with van der Waals surface area (Å²) in [5.74, 6) is -20.8. The van der Waals surface area contributed by atoms with Crippen LogP contribution in [0.5, 0.6) is 0 Å². The van der Waals surface area contributed by atoms with Gasteiger partial charge in [0.1, 0.15) is 0 Å². The molecule has 0 nitrogen and oxygen atoms in total. The van der Waals surface area contributed by atoms with Gasteiger partial charge in [0.25, 0.3) is 9.57 Å². The van der Waals surface area contributed by atoms with Crippen molar-refractivity contribution in [1.82, 2.24) is 0 Å². The second-order valence-corrected chi connectivity index (χ2v) is 5.51. The average Bonchev–Trinajstić information content (AvgIpc) is 2.13. The van der Waals surface area contributed by atoms with Gasteiger partial charge in [-0.3, -0.25) is 0 Å². The van der Waals surface area contributed by atoms with Crippen molar-refractivity contribution >= 4 is 14.6 Å². The van der Waals surface area contributed by atoms with Crippen molar-refractivity contribution < 1.29 is 47.4 Å². The Morgan fingerprint density at radius 2 is 0.706 bits per heavy atom. The lowest BCUT2D eigenvalue weighted by molar-refractivity contribution is -0.398. The zero-order valence-electron chi connectivity index (χ0n) is 7.23. The summed E-state index contributed by atoms with van der Waals surface area (Å²) in [4.78, 5) is -13.0. The van der Waals surface area contributed by atoms with Gasteiger partial charge < -0.3 is 3.52 Å². The van der Waals surface area contributed by atoms with Gasteiger partial charge in [-0.25, -0.2) is 17.6 Å². The molecule has 0 aromatic carbocycles. The third-order valence-electron chi connectivity index (χ3n) is 2.26. The SMILES string of the molecule is [F][Al]1[C](F)(F)C(F)(F)C(F)(F)C(F)(F)[C]1(F)F. The third kappa shape index (κ3) is 1.31. The van der Waals surface area contributed by atoms with Crippen molar-refractivity contribution in [3.8, 4) is 0 Å². The summed E-state index contributed by atoms with van der Waals surface area (Å²) < 4.78 is 136. The van der Waals surface area contributed by atoms with Crippen LogP contribution >= 0.6 is 0 Å². The van der Waals surface area contributed by atoms with Gasteiger partial charge in [-0.2, -0.15) is 26.3 Å². The van der Waals surface area contributed by atoms with E-state index in [9.17, 15) is 47.4 Å². The van der Waals surface area contributed by atoms with E-state index in [2.05, 4.69) is 0 Å². The van der Waals surface area contributed by atoms with Crippen LogP contribution in [0.4, 0.5) is 47.4 Å². The zero-order chi connectivity index (χ0) is 14.1. The van der Waals surface area contributed by atoms with E-state index in [1.54, 1.807) is 0 Å². The summed E-state index contributed by atoms with van der Waals surface area (Å²) in [5, 5.41) is 0. The molecule has 0 aliphatic carbocycles. The number of halogens is 11. The van der Waals surface area contributed by atoms with E-state index in [-0.39, 0.29) is 0 Å². The molecule has 0 aromatic heterocycles. The molecule has 100 valence electrons. The molecule has 0 atom stereocenters. The zero-order valence-corrected chi connectivity index (χ0v) is 8.39. The molecule has 0 radical (unpaired) electrons. The van der Waals surface area contributed by atoms with E-state index in [1.165, 1.54) is 0 Å². The maximum absolute atomic E-state index is 12.4. The van der Waals surface area contributed by atoms with Crippen LogP contribution in [-0.2, 0) is 0 Å². The molecule has 1 aliphatic heterocycles. The summed E-state index contributed by atoms with van der Waals surface area (Å²) in [6.45, 7) is 0. The Morgan fingerprint density at radius 3 is 0.941 bits per heavy atom. The Hall–Kier alpha value is -0.238. The average molecular weight is 296 g/mol. The number of alkyl halides is 10. The monoisotopic (exact) mass is 296 g/mol. The van der Waals surface area contributed by atoms with Crippen LogP contribution in [-0.4, -0.2) is 41.9 Å². The van der Waals surface area contributed by atoms with Gasteiger partial charge in [-0.1, -0.05) is 0 Å². The summed E-state index contributed by atoms with van der Waals surface area (Å²) in [7, 11) is 0. The standard InChI is InChI=1S/C5F10.Al.FH/c6-1(7)3(10,11)5(14,15)4(12,13)2(8)9;;/h;;1H/q;+1;/p-1. The highest BCUT2D eigenvalue weighted by Gasteiger charge is 2.99. The van der Waals surface area contributed by atoms with E-state index in [0.29, 0.717) is 0 Å². The smallest absolute Gasteiger partial charge is 0.402 e. The number of rotatable bonds is 0. The highest BCUT2D eigenvalue weighted by atomic mass is 27.2. The minimum absolute atomic E-state index is 6.48. The van der Waals surface area contributed by atoms with E-state index in [1.807, 2.05) is 0 Å². The normalized spacial score (nSPS) is 32.3. The minimum atomic E-state index is -7.05. The van der Waals surface area contributed by atoms with Crippen molar-refractivity contribution in [2.75, 3.05) is 0 Å². The molecular formula is C5AlF11. The lowest BCUT2D eigenvalue weighted by atomic mass is 10.0. The van der Waals surface area contributed by atoms with Gasteiger partial charge in [0.2, 0.25) is 0 Å². The summed E-state index contributed by atoms with van der Waals surface area (Å²) in [6, 6.07) is 0. The van der Waals surface area contributed by atoms with Crippen LogP contribution < -0.4 is 0 Å². The summed E-state index contributed by atoms with van der Waals surface area (Å²) >= 11 is -6.99. The number of hydrogen-bond acceptors (Lipinski definition) is 0. The third-order valence-corrected chi connectivity index (χ3v) is 4.26. The molecule has 0 bridgehead atoms. The minimum Gasteiger partial charge on any atom is -0.402 e. The quantitative estimate of drug-likeness (QED) is 0.475. The molecule has 0 spiro atoms. The molecule has 1 saturated heterocycles. The van der Waals surface area contributed by atoms with Crippen LogP contribution in [0.25, 0.3) is 0 Å². The van der Waals surface area contributed by atoms with Crippen molar-refractivity contribution in [1.29, 1.82) is 0 Å². The molecule has 0 amide bonds. The second-order valence-electron chi connectivity index (χ2n) is 3.33. The fourth-order valence-corrected chi connectivity index (χ4v) is 2.62. The molecule has 0 unspecified atom stereocenters. The first-order valence-corrected chi connectivity index (χ1v) is 5.28. The molecule has 0 N–H and O–H groups in total. The van der Waals surface area contributed by atoms with Crippen molar-refractivity contribution in [2.24, 2.45) is 0 Å². The van der Waals surface area contributed by atoms with Gasteiger partial charge in [0.15, 0.2) is 0 Å². The van der Waals surface area contributed by atoms with Crippen molar-refractivity contribution in [3.63, 3.8) is 0 Å². The van der Waals surface area contributed by atoms with E-state index in [0.717, 1.165) is 0 Å². The topological polar surface area (TPSA) is 0 Å². The van der Waals surface area contributed by atoms with E-state index >= 15 is 0 Å². The van der Waals surface area contributed by atoms with E-state index < -0.39 is 41.9 Å². The summed E-state index contributed by atoms with van der Waals surface area (Å²) in [5.41, 5.74) is 0. The largest absolute Gasteiger partial charge is 0.713 e. The predicted molar refractivity (Wildman–Crippen MR) is 31.6 cm³/mol. The molecule has 1 heterocycles. The fourth-order valence-electron chi connectivity index (χ4n) is 1.16. The molecule has 0 saturated carbocycles. The first-order chi connectivity index (χ1) is 7.15. The second kappa shape index (κ2) is 3.20. The Kier molecular flexibility index (Phi) is 2.79. The summed E-state index contributed by atoms with van der Waals surface area (Å²) in [6.07, 6.45) is 0. The lowest BCUT2D eigenvalue weighted by Crippen LogP contribution is -2.80. The Morgan fingerprint density at radius 1 is 0.471 bits per heavy atom. The van der Waals surface area contributed by atoms with Crippen LogP contribution in [0, 0.1) is 0 Å². The van der Waals surface area contributed by atoms with Crippen LogP contribution in [0.15, 0.2) is 0 Å². The molecule has 1 fully saturated rings. The molecule has 12 heteroatoms.